The van der Waals surface area contributed by atoms with Gasteiger partial charge in [-0.2, -0.15) is 4.98 Å². The van der Waals surface area contributed by atoms with Gasteiger partial charge >= 0.3 is 0 Å². The van der Waals surface area contributed by atoms with Crippen molar-refractivity contribution in [2.75, 3.05) is 14.1 Å². The highest BCUT2D eigenvalue weighted by Crippen LogP contribution is 2.21. The van der Waals surface area contributed by atoms with Crippen LogP contribution in [0.25, 0.3) is 10.7 Å². The third-order valence-electron chi connectivity index (χ3n) is 2.26. The summed E-state index contributed by atoms with van der Waals surface area (Å²) in [4.78, 5) is 18.2. The molecule has 1 amide bonds. The highest BCUT2D eigenvalue weighted by Gasteiger charge is 2.11. The van der Waals surface area contributed by atoms with Crippen molar-refractivity contribution in [1.82, 2.24) is 15.0 Å². The van der Waals surface area contributed by atoms with E-state index in [9.17, 15) is 4.79 Å². The zero-order valence-corrected chi connectivity index (χ0v) is 10.5. The molecule has 0 saturated heterocycles. The Balaban J connectivity index is 1.97. The molecule has 90 valence electrons. The van der Waals surface area contributed by atoms with Crippen molar-refractivity contribution in [1.29, 1.82) is 0 Å². The van der Waals surface area contributed by atoms with Gasteiger partial charge in [-0.05, 0) is 11.4 Å². The number of thiophene rings is 1. The first kappa shape index (κ1) is 11.8. The van der Waals surface area contributed by atoms with Crippen LogP contribution in [-0.2, 0) is 11.2 Å². The van der Waals surface area contributed by atoms with E-state index >= 15 is 0 Å². The van der Waals surface area contributed by atoms with Gasteiger partial charge in [0.25, 0.3) is 0 Å². The number of hydrogen-bond acceptors (Lipinski definition) is 5. The van der Waals surface area contributed by atoms with Gasteiger partial charge in [-0.25, -0.2) is 0 Å². The number of carbonyl (C=O) groups is 1. The molecule has 0 unspecified atom stereocenters. The Kier molecular flexibility index (Phi) is 3.53. The number of aromatic nitrogens is 2. The summed E-state index contributed by atoms with van der Waals surface area (Å²) in [5.74, 6) is 1.15. The standard InChI is InChI=1S/C11H13N3O2S/c1-14(2)10(15)6-5-9-12-11(13-16-9)8-4-3-7-17-8/h3-4,7H,5-6H2,1-2H3. The van der Waals surface area contributed by atoms with Crippen LogP contribution in [0.15, 0.2) is 22.0 Å². The number of aryl methyl sites for hydroxylation is 1. The molecule has 0 aromatic carbocycles. The molecule has 2 rings (SSSR count). The smallest absolute Gasteiger partial charge is 0.227 e. The van der Waals surface area contributed by atoms with Gasteiger partial charge in [-0.3, -0.25) is 4.79 Å². The summed E-state index contributed by atoms with van der Waals surface area (Å²) in [6, 6.07) is 3.87. The zero-order chi connectivity index (χ0) is 12.3. The van der Waals surface area contributed by atoms with E-state index in [2.05, 4.69) is 10.1 Å². The molecule has 0 bridgehead atoms. The third-order valence-corrected chi connectivity index (χ3v) is 3.13. The second-order valence-electron chi connectivity index (χ2n) is 3.78. The molecule has 0 radical (unpaired) electrons. The first-order valence-corrected chi connectivity index (χ1v) is 6.11. The maximum atomic E-state index is 11.4. The molecule has 6 heteroatoms. The molecule has 0 spiro atoms. The molecular formula is C11H13N3O2S. The maximum absolute atomic E-state index is 11.4. The van der Waals surface area contributed by atoms with Gasteiger partial charge in [0, 0.05) is 26.9 Å². The molecule has 2 heterocycles. The van der Waals surface area contributed by atoms with E-state index in [1.165, 1.54) is 0 Å². The van der Waals surface area contributed by atoms with E-state index in [1.807, 2.05) is 17.5 Å². The predicted octanol–water partition coefficient (Wildman–Crippen LogP) is 1.82. The monoisotopic (exact) mass is 251 g/mol. The van der Waals surface area contributed by atoms with Crippen LogP contribution >= 0.6 is 11.3 Å². The van der Waals surface area contributed by atoms with E-state index in [1.54, 1.807) is 30.3 Å². The molecule has 0 saturated carbocycles. The van der Waals surface area contributed by atoms with Crippen LogP contribution in [0.1, 0.15) is 12.3 Å². The quantitative estimate of drug-likeness (QED) is 0.831. The van der Waals surface area contributed by atoms with Gasteiger partial charge < -0.3 is 9.42 Å². The average Bonchev–Trinajstić information content (AvgIpc) is 2.95. The normalized spacial score (nSPS) is 10.5. The van der Waals surface area contributed by atoms with Crippen molar-refractivity contribution in [3.63, 3.8) is 0 Å². The van der Waals surface area contributed by atoms with Gasteiger partial charge in [0.1, 0.15) is 0 Å². The van der Waals surface area contributed by atoms with Gasteiger partial charge in [0.05, 0.1) is 4.88 Å². The van der Waals surface area contributed by atoms with Crippen molar-refractivity contribution >= 4 is 17.2 Å². The Morgan fingerprint density at radius 3 is 3.00 bits per heavy atom. The molecule has 17 heavy (non-hydrogen) atoms. The molecule has 0 aliphatic rings. The lowest BCUT2D eigenvalue weighted by atomic mass is 10.3. The molecule has 0 fully saturated rings. The molecular weight excluding hydrogens is 238 g/mol. The highest BCUT2D eigenvalue weighted by atomic mass is 32.1. The van der Waals surface area contributed by atoms with E-state index in [0.29, 0.717) is 24.6 Å². The summed E-state index contributed by atoms with van der Waals surface area (Å²) in [5.41, 5.74) is 0. The average molecular weight is 251 g/mol. The Morgan fingerprint density at radius 2 is 2.35 bits per heavy atom. The van der Waals surface area contributed by atoms with Gasteiger partial charge in [0.2, 0.25) is 17.6 Å². The minimum Gasteiger partial charge on any atom is -0.349 e. The minimum absolute atomic E-state index is 0.0564. The number of hydrogen-bond donors (Lipinski definition) is 0. The molecule has 2 aromatic rings. The Morgan fingerprint density at radius 1 is 1.53 bits per heavy atom. The van der Waals surface area contributed by atoms with E-state index in [4.69, 9.17) is 4.52 Å². The van der Waals surface area contributed by atoms with Crippen LogP contribution in [-0.4, -0.2) is 35.0 Å². The fourth-order valence-electron chi connectivity index (χ4n) is 1.30. The summed E-state index contributed by atoms with van der Waals surface area (Å²) < 4.78 is 5.09. The predicted molar refractivity (Wildman–Crippen MR) is 64.6 cm³/mol. The fraction of sp³-hybridized carbons (Fsp3) is 0.364. The van der Waals surface area contributed by atoms with E-state index in [0.717, 1.165) is 4.88 Å². The number of carbonyl (C=O) groups excluding carboxylic acids is 1. The molecule has 0 aliphatic carbocycles. The number of rotatable bonds is 4. The second-order valence-corrected chi connectivity index (χ2v) is 4.72. The minimum atomic E-state index is 0.0564. The van der Waals surface area contributed by atoms with Crippen LogP contribution in [0.2, 0.25) is 0 Å². The van der Waals surface area contributed by atoms with Gasteiger partial charge in [-0.15, -0.1) is 11.3 Å². The van der Waals surface area contributed by atoms with Crippen molar-refractivity contribution in [3.8, 4) is 10.7 Å². The molecule has 5 nitrogen and oxygen atoms in total. The Labute approximate surface area is 103 Å². The largest absolute Gasteiger partial charge is 0.349 e. The van der Waals surface area contributed by atoms with E-state index < -0.39 is 0 Å². The first-order valence-electron chi connectivity index (χ1n) is 5.23. The summed E-state index contributed by atoms with van der Waals surface area (Å²) in [5, 5.41) is 5.84. The zero-order valence-electron chi connectivity index (χ0n) is 9.71. The second kappa shape index (κ2) is 5.09. The Hall–Kier alpha value is -1.69. The van der Waals surface area contributed by atoms with Crippen molar-refractivity contribution in [2.24, 2.45) is 0 Å². The lowest BCUT2D eigenvalue weighted by Gasteiger charge is -2.07. The van der Waals surface area contributed by atoms with Crippen molar-refractivity contribution in [3.05, 3.63) is 23.4 Å². The lowest BCUT2D eigenvalue weighted by Crippen LogP contribution is -2.21. The van der Waals surface area contributed by atoms with Crippen LogP contribution in [0.4, 0.5) is 0 Å². The molecule has 0 aliphatic heterocycles. The summed E-state index contributed by atoms with van der Waals surface area (Å²) in [6.07, 6.45) is 0.870. The molecule has 0 N–H and O–H groups in total. The SMILES string of the molecule is CN(C)C(=O)CCc1nc(-c2cccs2)no1. The molecule has 0 atom stereocenters. The number of nitrogens with zero attached hydrogens (tertiary/aromatic N) is 3. The fourth-order valence-corrected chi connectivity index (χ4v) is 1.95. The third kappa shape index (κ3) is 2.91. The lowest BCUT2D eigenvalue weighted by molar-refractivity contribution is -0.128. The van der Waals surface area contributed by atoms with E-state index in [-0.39, 0.29) is 5.91 Å². The number of amides is 1. The van der Waals surface area contributed by atoms with Crippen molar-refractivity contribution < 1.29 is 9.32 Å². The highest BCUT2D eigenvalue weighted by molar-refractivity contribution is 7.13. The van der Waals surface area contributed by atoms with Gasteiger partial charge in [-0.1, -0.05) is 11.2 Å². The van der Waals surface area contributed by atoms with Crippen LogP contribution in [0.3, 0.4) is 0 Å². The topological polar surface area (TPSA) is 59.2 Å². The van der Waals surface area contributed by atoms with Crippen molar-refractivity contribution in [2.45, 2.75) is 12.8 Å². The van der Waals surface area contributed by atoms with Gasteiger partial charge in [0.15, 0.2) is 0 Å². The molecule has 2 aromatic heterocycles. The maximum Gasteiger partial charge on any atom is 0.227 e. The summed E-state index contributed by atoms with van der Waals surface area (Å²) >= 11 is 1.56. The first-order chi connectivity index (χ1) is 8.16. The van der Waals surface area contributed by atoms with Crippen LogP contribution in [0.5, 0.6) is 0 Å². The summed E-state index contributed by atoms with van der Waals surface area (Å²) in [6.45, 7) is 0. The summed E-state index contributed by atoms with van der Waals surface area (Å²) in [7, 11) is 3.46. The van der Waals surface area contributed by atoms with Crippen LogP contribution < -0.4 is 0 Å². The van der Waals surface area contributed by atoms with Crippen LogP contribution in [0, 0.1) is 0 Å². The Bertz CT molecular complexity index is 491.